The SMILES string of the molecule is CC(C)(CO)C(NC(=O)c1ccc2c(c1)CN(C1CCC(=O)NC1=O)C2=O)C(F)(F)F. The first kappa shape index (κ1) is 22.7. The Kier molecular flexibility index (Phi) is 5.83. The Balaban J connectivity index is 1.80. The van der Waals surface area contributed by atoms with Gasteiger partial charge >= 0.3 is 6.18 Å². The van der Waals surface area contributed by atoms with Crippen LogP contribution in [-0.2, 0) is 16.1 Å². The van der Waals surface area contributed by atoms with Crippen molar-refractivity contribution in [2.24, 2.45) is 5.41 Å². The second-order valence-corrected chi connectivity index (χ2v) is 8.37. The van der Waals surface area contributed by atoms with Crippen LogP contribution in [0, 0.1) is 5.41 Å². The molecule has 2 unspecified atom stereocenters. The Labute approximate surface area is 175 Å². The van der Waals surface area contributed by atoms with E-state index in [1.54, 1.807) is 0 Å². The van der Waals surface area contributed by atoms with E-state index in [4.69, 9.17) is 0 Å². The fourth-order valence-corrected chi connectivity index (χ4v) is 3.74. The summed E-state index contributed by atoms with van der Waals surface area (Å²) in [6, 6.07) is 0.757. The number of nitrogens with one attached hydrogen (secondary N) is 2. The standard InChI is InChI=1S/C20H22F3N3O5/c1-19(2,9-27)18(20(21,22)23)25-15(29)10-3-4-12-11(7-10)8-26(17(12)31)13-5-6-14(28)24-16(13)30/h3-4,7,13,18,27H,5-6,8-9H2,1-2H3,(H,25,29)(H,24,28,30). The van der Waals surface area contributed by atoms with E-state index in [1.807, 2.05) is 5.32 Å². The fraction of sp³-hybridized carbons (Fsp3) is 0.500. The summed E-state index contributed by atoms with van der Waals surface area (Å²) in [6.07, 6.45) is -4.53. The van der Waals surface area contributed by atoms with Crippen LogP contribution < -0.4 is 10.6 Å². The van der Waals surface area contributed by atoms with Gasteiger partial charge in [-0.2, -0.15) is 13.2 Å². The molecule has 4 amide bonds. The Bertz CT molecular complexity index is 944. The maximum absolute atomic E-state index is 13.4. The van der Waals surface area contributed by atoms with E-state index >= 15 is 0 Å². The highest BCUT2D eigenvalue weighted by atomic mass is 19.4. The summed E-state index contributed by atoms with van der Waals surface area (Å²) in [7, 11) is 0. The maximum atomic E-state index is 13.4. The lowest BCUT2D eigenvalue weighted by atomic mass is 9.84. The van der Waals surface area contributed by atoms with Gasteiger partial charge in [-0.1, -0.05) is 13.8 Å². The minimum atomic E-state index is -4.78. The topological polar surface area (TPSA) is 116 Å². The predicted octanol–water partition coefficient (Wildman–Crippen LogP) is 1.13. The molecule has 0 saturated carbocycles. The average molecular weight is 441 g/mol. The summed E-state index contributed by atoms with van der Waals surface area (Å²) in [6.45, 7) is 1.57. The van der Waals surface area contributed by atoms with Gasteiger partial charge in [0.15, 0.2) is 0 Å². The molecule has 2 atom stereocenters. The normalized spacial score (nSPS) is 20.4. The fourth-order valence-electron chi connectivity index (χ4n) is 3.74. The van der Waals surface area contributed by atoms with Crippen molar-refractivity contribution in [2.75, 3.05) is 6.61 Å². The molecule has 1 aromatic carbocycles. The highest BCUT2D eigenvalue weighted by molar-refractivity contribution is 6.06. The van der Waals surface area contributed by atoms with Crippen molar-refractivity contribution in [3.63, 3.8) is 0 Å². The van der Waals surface area contributed by atoms with Crippen LogP contribution >= 0.6 is 0 Å². The second kappa shape index (κ2) is 7.95. The zero-order valence-electron chi connectivity index (χ0n) is 16.9. The van der Waals surface area contributed by atoms with Crippen LogP contribution in [-0.4, -0.2) is 58.5 Å². The summed E-state index contributed by atoms with van der Waals surface area (Å²) >= 11 is 0. The molecule has 31 heavy (non-hydrogen) atoms. The van der Waals surface area contributed by atoms with E-state index in [0.29, 0.717) is 5.56 Å². The number of piperidine rings is 1. The molecule has 2 heterocycles. The first-order chi connectivity index (χ1) is 14.3. The number of imide groups is 1. The van der Waals surface area contributed by atoms with Crippen LogP contribution in [0.5, 0.6) is 0 Å². The van der Waals surface area contributed by atoms with Gasteiger partial charge in [0.2, 0.25) is 11.8 Å². The number of carbonyl (C=O) groups is 4. The number of fused-ring (bicyclic) bond motifs is 1. The largest absolute Gasteiger partial charge is 0.409 e. The van der Waals surface area contributed by atoms with Crippen LogP contribution in [0.15, 0.2) is 18.2 Å². The molecule has 0 aliphatic carbocycles. The van der Waals surface area contributed by atoms with Crippen molar-refractivity contribution < 1.29 is 37.5 Å². The van der Waals surface area contributed by atoms with Crippen LogP contribution in [0.2, 0.25) is 0 Å². The molecular weight excluding hydrogens is 419 g/mol. The third-order valence-corrected chi connectivity index (χ3v) is 5.58. The average Bonchev–Trinajstić information content (AvgIpc) is 3.00. The van der Waals surface area contributed by atoms with E-state index in [1.165, 1.54) is 36.9 Å². The third-order valence-electron chi connectivity index (χ3n) is 5.58. The van der Waals surface area contributed by atoms with Crippen LogP contribution in [0.1, 0.15) is 53.0 Å². The van der Waals surface area contributed by atoms with Gasteiger partial charge in [-0.25, -0.2) is 0 Å². The van der Waals surface area contributed by atoms with Crippen LogP contribution in [0.3, 0.4) is 0 Å². The minimum Gasteiger partial charge on any atom is -0.396 e. The van der Waals surface area contributed by atoms with Crippen molar-refractivity contribution >= 4 is 23.6 Å². The maximum Gasteiger partial charge on any atom is 0.409 e. The number of aliphatic hydroxyl groups excluding tert-OH is 1. The zero-order chi connectivity index (χ0) is 23.1. The zero-order valence-corrected chi connectivity index (χ0v) is 16.9. The lowest BCUT2D eigenvalue weighted by Gasteiger charge is -2.34. The summed E-state index contributed by atoms with van der Waals surface area (Å²) < 4.78 is 40.3. The number of alkyl halides is 3. The molecule has 8 nitrogen and oxygen atoms in total. The highest BCUT2D eigenvalue weighted by Crippen LogP contribution is 2.34. The van der Waals surface area contributed by atoms with E-state index in [0.717, 1.165) is 0 Å². The lowest BCUT2D eigenvalue weighted by Crippen LogP contribution is -2.55. The van der Waals surface area contributed by atoms with Gasteiger partial charge in [0.1, 0.15) is 12.1 Å². The molecule has 2 aliphatic heterocycles. The van der Waals surface area contributed by atoms with Crippen molar-refractivity contribution in [1.82, 2.24) is 15.5 Å². The van der Waals surface area contributed by atoms with Gasteiger partial charge in [-0.15, -0.1) is 0 Å². The van der Waals surface area contributed by atoms with Gasteiger partial charge in [0, 0.05) is 29.5 Å². The summed E-state index contributed by atoms with van der Waals surface area (Å²) in [4.78, 5) is 49.9. The van der Waals surface area contributed by atoms with Crippen LogP contribution in [0.25, 0.3) is 0 Å². The molecule has 0 radical (unpaired) electrons. The summed E-state index contributed by atoms with van der Waals surface area (Å²) in [5, 5.41) is 13.4. The summed E-state index contributed by atoms with van der Waals surface area (Å²) in [5.41, 5.74) is -1.10. The number of aliphatic hydroxyl groups is 1. The quantitative estimate of drug-likeness (QED) is 0.593. The highest BCUT2D eigenvalue weighted by Gasteiger charge is 2.50. The second-order valence-electron chi connectivity index (χ2n) is 8.37. The van der Waals surface area contributed by atoms with Gasteiger partial charge < -0.3 is 15.3 Å². The molecule has 1 aromatic rings. The molecule has 1 saturated heterocycles. The number of benzene rings is 1. The number of rotatable bonds is 5. The lowest BCUT2D eigenvalue weighted by molar-refractivity contribution is -0.181. The first-order valence-electron chi connectivity index (χ1n) is 9.61. The molecular formula is C20H22F3N3O5. The first-order valence-corrected chi connectivity index (χ1v) is 9.61. The minimum absolute atomic E-state index is 0.00754. The Morgan fingerprint density at radius 1 is 1.29 bits per heavy atom. The Morgan fingerprint density at radius 2 is 1.97 bits per heavy atom. The van der Waals surface area contributed by atoms with Crippen molar-refractivity contribution in [2.45, 2.75) is 51.5 Å². The number of nitrogens with zero attached hydrogens (tertiary/aromatic N) is 1. The third kappa shape index (κ3) is 4.41. The molecule has 3 N–H and O–H groups in total. The monoisotopic (exact) mass is 441 g/mol. The number of halogens is 3. The molecule has 11 heteroatoms. The van der Waals surface area contributed by atoms with Crippen LogP contribution in [0.4, 0.5) is 13.2 Å². The molecule has 3 rings (SSSR count). The number of hydrogen-bond acceptors (Lipinski definition) is 5. The van der Waals surface area contributed by atoms with Gasteiger partial charge in [0.05, 0.1) is 6.61 Å². The number of carbonyl (C=O) groups excluding carboxylic acids is 4. The van der Waals surface area contributed by atoms with E-state index in [-0.39, 0.29) is 30.5 Å². The molecule has 0 bridgehead atoms. The smallest absolute Gasteiger partial charge is 0.396 e. The summed E-state index contributed by atoms with van der Waals surface area (Å²) in [5.74, 6) is -2.46. The van der Waals surface area contributed by atoms with E-state index < -0.39 is 53.9 Å². The van der Waals surface area contributed by atoms with E-state index in [2.05, 4.69) is 5.32 Å². The molecule has 168 valence electrons. The molecule has 0 aromatic heterocycles. The van der Waals surface area contributed by atoms with Crippen molar-refractivity contribution in [1.29, 1.82) is 0 Å². The molecule has 1 fully saturated rings. The Morgan fingerprint density at radius 3 is 2.55 bits per heavy atom. The number of amides is 4. The predicted molar refractivity (Wildman–Crippen MR) is 101 cm³/mol. The molecule has 2 aliphatic rings. The Hall–Kier alpha value is -2.95. The van der Waals surface area contributed by atoms with E-state index in [9.17, 15) is 37.5 Å². The van der Waals surface area contributed by atoms with Gasteiger partial charge in [0.25, 0.3) is 11.8 Å². The van der Waals surface area contributed by atoms with Crippen molar-refractivity contribution in [3.05, 3.63) is 34.9 Å². The van der Waals surface area contributed by atoms with Crippen molar-refractivity contribution in [3.8, 4) is 0 Å². The molecule has 0 spiro atoms. The number of hydrogen-bond donors (Lipinski definition) is 3. The van der Waals surface area contributed by atoms with Gasteiger partial charge in [-0.3, -0.25) is 24.5 Å². The van der Waals surface area contributed by atoms with Gasteiger partial charge in [-0.05, 0) is 30.2 Å².